The fourth-order valence-corrected chi connectivity index (χ4v) is 1.96. The van der Waals surface area contributed by atoms with Crippen molar-refractivity contribution in [3.8, 4) is 0 Å². The number of carbonyl (C=O) groups is 1. The highest BCUT2D eigenvalue weighted by Gasteiger charge is 2.40. The first kappa shape index (κ1) is 10.5. The summed E-state index contributed by atoms with van der Waals surface area (Å²) < 4.78 is 5.22. The van der Waals surface area contributed by atoms with Crippen LogP contribution in [-0.2, 0) is 9.53 Å². The smallest absolute Gasteiger partial charge is 0.311 e. The van der Waals surface area contributed by atoms with Crippen LogP contribution in [-0.4, -0.2) is 23.3 Å². The summed E-state index contributed by atoms with van der Waals surface area (Å²) in [7, 11) is 0. The molecule has 0 unspecified atom stereocenters. The number of rotatable bonds is 2. The Kier molecular flexibility index (Phi) is 3.31. The second-order valence-electron chi connectivity index (χ2n) is 3.73. The van der Waals surface area contributed by atoms with Crippen LogP contribution < -0.4 is 0 Å². The molecule has 4 atom stereocenters. The Labute approximate surface area is 79.1 Å². The van der Waals surface area contributed by atoms with Crippen LogP contribution in [0.5, 0.6) is 0 Å². The molecule has 0 aromatic rings. The molecule has 3 nitrogen and oxygen atoms in total. The number of cyclic esters (lactones) is 1. The predicted molar refractivity (Wildman–Crippen MR) is 49.1 cm³/mol. The molecule has 76 valence electrons. The Hall–Kier alpha value is -0.570. The maximum Gasteiger partial charge on any atom is 0.311 e. The lowest BCUT2D eigenvalue weighted by Gasteiger charge is -2.37. The van der Waals surface area contributed by atoms with E-state index in [0.717, 1.165) is 12.8 Å². The molecule has 1 rings (SSSR count). The lowest BCUT2D eigenvalue weighted by molar-refractivity contribution is -0.179. The van der Waals surface area contributed by atoms with E-state index in [-0.39, 0.29) is 23.9 Å². The van der Waals surface area contributed by atoms with Crippen molar-refractivity contribution in [2.24, 2.45) is 11.8 Å². The second-order valence-corrected chi connectivity index (χ2v) is 3.73. The molecule has 3 heteroatoms. The summed E-state index contributed by atoms with van der Waals surface area (Å²) in [6.45, 7) is 5.72. The standard InChI is InChI=1S/C10H18O3/c1-4-7-8(5-2)13-10(12)6(3)9(7)11/h6-9,11H,4-5H2,1-3H3/t6-,7+,8+,9-/m0/s1. The average Bonchev–Trinajstić information content (AvgIpc) is 2.13. The van der Waals surface area contributed by atoms with E-state index < -0.39 is 6.10 Å². The molecule has 1 N–H and O–H groups in total. The number of hydrogen-bond donors (Lipinski definition) is 1. The quantitative estimate of drug-likeness (QED) is 0.662. The number of ether oxygens (including phenoxy) is 1. The largest absolute Gasteiger partial charge is 0.462 e. The molecule has 0 amide bonds. The van der Waals surface area contributed by atoms with Crippen LogP contribution in [0.4, 0.5) is 0 Å². The van der Waals surface area contributed by atoms with Crippen molar-refractivity contribution in [2.45, 2.75) is 45.8 Å². The van der Waals surface area contributed by atoms with Gasteiger partial charge in [0.25, 0.3) is 0 Å². The maximum atomic E-state index is 11.3. The molecule has 1 aliphatic rings. The van der Waals surface area contributed by atoms with E-state index in [1.807, 2.05) is 13.8 Å². The molecule has 0 radical (unpaired) electrons. The van der Waals surface area contributed by atoms with Gasteiger partial charge in [-0.2, -0.15) is 0 Å². The van der Waals surface area contributed by atoms with Crippen LogP contribution in [0.1, 0.15) is 33.6 Å². The summed E-state index contributed by atoms with van der Waals surface area (Å²) in [5.74, 6) is -0.519. The summed E-state index contributed by atoms with van der Waals surface area (Å²) in [5.41, 5.74) is 0. The minimum absolute atomic E-state index is 0.0938. The van der Waals surface area contributed by atoms with Gasteiger partial charge in [-0.1, -0.05) is 13.8 Å². The Morgan fingerprint density at radius 3 is 2.46 bits per heavy atom. The first-order valence-corrected chi connectivity index (χ1v) is 5.00. The number of hydrogen-bond acceptors (Lipinski definition) is 3. The molecule has 0 aliphatic carbocycles. The third-order valence-electron chi connectivity index (χ3n) is 2.94. The van der Waals surface area contributed by atoms with Crippen LogP contribution in [0.15, 0.2) is 0 Å². The number of carbonyl (C=O) groups excluding carboxylic acids is 1. The van der Waals surface area contributed by atoms with Gasteiger partial charge in [0, 0.05) is 5.92 Å². The van der Waals surface area contributed by atoms with Gasteiger partial charge in [0.1, 0.15) is 6.10 Å². The Morgan fingerprint density at radius 2 is 2.00 bits per heavy atom. The molecule has 0 aromatic heterocycles. The van der Waals surface area contributed by atoms with Crippen molar-refractivity contribution < 1.29 is 14.6 Å². The predicted octanol–water partition coefficient (Wildman–Crippen LogP) is 1.34. The van der Waals surface area contributed by atoms with Gasteiger partial charge in [0.15, 0.2) is 0 Å². The number of aliphatic hydroxyl groups excluding tert-OH is 1. The highest BCUT2D eigenvalue weighted by Crippen LogP contribution is 2.30. The maximum absolute atomic E-state index is 11.3. The lowest BCUT2D eigenvalue weighted by Crippen LogP contribution is -2.47. The molecule has 0 saturated carbocycles. The first-order valence-electron chi connectivity index (χ1n) is 5.00. The van der Waals surface area contributed by atoms with Crippen molar-refractivity contribution in [3.63, 3.8) is 0 Å². The van der Waals surface area contributed by atoms with Crippen LogP contribution in [0.25, 0.3) is 0 Å². The van der Waals surface area contributed by atoms with Crippen molar-refractivity contribution in [3.05, 3.63) is 0 Å². The molecule has 13 heavy (non-hydrogen) atoms. The first-order chi connectivity index (χ1) is 6.11. The van der Waals surface area contributed by atoms with Crippen molar-refractivity contribution in [1.29, 1.82) is 0 Å². The minimum Gasteiger partial charge on any atom is -0.462 e. The molecule has 1 aliphatic heterocycles. The summed E-state index contributed by atoms with van der Waals surface area (Å²) in [6.07, 6.45) is 1.02. The Morgan fingerprint density at radius 1 is 1.38 bits per heavy atom. The van der Waals surface area contributed by atoms with Crippen molar-refractivity contribution in [2.75, 3.05) is 0 Å². The molecule has 0 aromatic carbocycles. The molecule has 1 heterocycles. The second kappa shape index (κ2) is 4.09. The molecule has 0 bridgehead atoms. The van der Waals surface area contributed by atoms with Crippen LogP contribution in [0.3, 0.4) is 0 Å². The van der Waals surface area contributed by atoms with Crippen LogP contribution in [0.2, 0.25) is 0 Å². The summed E-state index contributed by atoms with van der Waals surface area (Å²) in [4.78, 5) is 11.3. The SMILES string of the molecule is CC[C@H]1[C@@H](O)[C@H](C)C(=O)O[C@@H]1CC. The summed E-state index contributed by atoms with van der Waals surface area (Å²) in [6, 6.07) is 0. The van der Waals surface area contributed by atoms with Gasteiger partial charge >= 0.3 is 5.97 Å². The zero-order chi connectivity index (χ0) is 10.0. The summed E-state index contributed by atoms with van der Waals surface area (Å²) >= 11 is 0. The van der Waals surface area contributed by atoms with Gasteiger partial charge in [0.05, 0.1) is 12.0 Å². The van der Waals surface area contributed by atoms with Gasteiger partial charge in [-0.3, -0.25) is 4.79 Å². The molecule has 1 fully saturated rings. The third kappa shape index (κ3) is 1.85. The van der Waals surface area contributed by atoms with Gasteiger partial charge < -0.3 is 9.84 Å². The minimum atomic E-state index is -0.531. The number of esters is 1. The zero-order valence-corrected chi connectivity index (χ0v) is 8.49. The molecular formula is C10H18O3. The van der Waals surface area contributed by atoms with E-state index in [9.17, 15) is 9.90 Å². The lowest BCUT2D eigenvalue weighted by atomic mass is 9.82. The topological polar surface area (TPSA) is 46.5 Å². The van der Waals surface area contributed by atoms with E-state index in [4.69, 9.17) is 4.74 Å². The zero-order valence-electron chi connectivity index (χ0n) is 8.49. The van der Waals surface area contributed by atoms with Gasteiger partial charge in [-0.25, -0.2) is 0 Å². The fourth-order valence-electron chi connectivity index (χ4n) is 1.96. The average molecular weight is 186 g/mol. The van der Waals surface area contributed by atoms with E-state index in [2.05, 4.69) is 0 Å². The van der Waals surface area contributed by atoms with Crippen molar-refractivity contribution >= 4 is 5.97 Å². The molecular weight excluding hydrogens is 168 g/mol. The van der Waals surface area contributed by atoms with Crippen LogP contribution in [0, 0.1) is 11.8 Å². The normalized spacial score (nSPS) is 40.2. The number of aliphatic hydroxyl groups is 1. The van der Waals surface area contributed by atoms with E-state index in [1.165, 1.54) is 0 Å². The highest BCUT2D eigenvalue weighted by molar-refractivity contribution is 5.73. The summed E-state index contributed by atoms with van der Waals surface area (Å²) in [5, 5.41) is 9.81. The van der Waals surface area contributed by atoms with E-state index in [0.29, 0.717) is 0 Å². The Bertz CT molecular complexity index is 189. The third-order valence-corrected chi connectivity index (χ3v) is 2.94. The van der Waals surface area contributed by atoms with Gasteiger partial charge in [-0.15, -0.1) is 0 Å². The molecule has 1 saturated heterocycles. The fraction of sp³-hybridized carbons (Fsp3) is 0.900. The Balaban J connectivity index is 2.74. The van der Waals surface area contributed by atoms with Gasteiger partial charge in [0.2, 0.25) is 0 Å². The van der Waals surface area contributed by atoms with Gasteiger partial charge in [-0.05, 0) is 19.8 Å². The van der Waals surface area contributed by atoms with Crippen molar-refractivity contribution in [1.82, 2.24) is 0 Å². The van der Waals surface area contributed by atoms with E-state index >= 15 is 0 Å². The van der Waals surface area contributed by atoms with Crippen LogP contribution >= 0.6 is 0 Å². The van der Waals surface area contributed by atoms with E-state index in [1.54, 1.807) is 6.92 Å². The monoisotopic (exact) mass is 186 g/mol. The molecule has 0 spiro atoms. The highest BCUT2D eigenvalue weighted by atomic mass is 16.5.